The predicted octanol–water partition coefficient (Wildman–Crippen LogP) is 5.21. The molecule has 1 heterocycles. The van der Waals surface area contributed by atoms with E-state index < -0.39 is 15.7 Å². The summed E-state index contributed by atoms with van der Waals surface area (Å²) < 4.78 is 36.0. The summed E-state index contributed by atoms with van der Waals surface area (Å²) in [4.78, 5) is 0. The van der Waals surface area contributed by atoms with Gasteiger partial charge in [0, 0.05) is 19.2 Å². The van der Waals surface area contributed by atoms with E-state index in [4.69, 9.17) is 27.9 Å². The number of hydrogen-bond donors (Lipinski definition) is 1. The van der Waals surface area contributed by atoms with E-state index in [0.29, 0.717) is 47.4 Å². The molecule has 168 valence electrons. The van der Waals surface area contributed by atoms with Gasteiger partial charge in [-0.2, -0.15) is 27.7 Å². The summed E-state index contributed by atoms with van der Waals surface area (Å²) in [6.07, 6.45) is 2.83. The Balaban J connectivity index is 1.98. The van der Waals surface area contributed by atoms with Crippen molar-refractivity contribution >= 4 is 33.4 Å². The van der Waals surface area contributed by atoms with Crippen molar-refractivity contribution in [3.63, 3.8) is 0 Å². The molecule has 7 nitrogen and oxygen atoms in total. The SMILES string of the molecule is C/C=C(\N=N/C(C)C)C(C)(C)NS(=O)(=O)N1CCC(Oc2ccc(Cl)c(Cl)c2)CC1. The number of benzene rings is 1. The molecule has 0 radical (unpaired) electrons. The van der Waals surface area contributed by atoms with E-state index in [-0.39, 0.29) is 12.1 Å². The monoisotopic (exact) mass is 476 g/mol. The van der Waals surface area contributed by atoms with Gasteiger partial charge >= 0.3 is 0 Å². The number of rotatable bonds is 8. The molecule has 1 aromatic rings. The van der Waals surface area contributed by atoms with Crippen molar-refractivity contribution in [1.82, 2.24) is 9.03 Å². The van der Waals surface area contributed by atoms with Gasteiger partial charge in [0.15, 0.2) is 0 Å². The summed E-state index contributed by atoms with van der Waals surface area (Å²) in [5, 5.41) is 9.25. The van der Waals surface area contributed by atoms with Crippen molar-refractivity contribution in [2.75, 3.05) is 13.1 Å². The Morgan fingerprint density at radius 2 is 1.90 bits per heavy atom. The van der Waals surface area contributed by atoms with E-state index in [1.165, 1.54) is 4.31 Å². The van der Waals surface area contributed by atoms with Crippen LogP contribution in [0, 0.1) is 0 Å². The molecule has 1 saturated heterocycles. The summed E-state index contributed by atoms with van der Waals surface area (Å²) >= 11 is 12.0. The molecule has 0 spiro atoms. The lowest BCUT2D eigenvalue weighted by molar-refractivity contribution is 0.134. The fourth-order valence-electron chi connectivity index (χ4n) is 3.09. The van der Waals surface area contributed by atoms with Crippen molar-refractivity contribution in [3.05, 3.63) is 40.0 Å². The van der Waals surface area contributed by atoms with Gasteiger partial charge in [-0.1, -0.05) is 29.3 Å². The molecule has 1 aliphatic rings. The molecule has 0 atom stereocenters. The van der Waals surface area contributed by atoms with Crippen molar-refractivity contribution in [2.24, 2.45) is 10.2 Å². The summed E-state index contributed by atoms with van der Waals surface area (Å²) in [5.74, 6) is 0.623. The average Bonchev–Trinajstić information content (AvgIpc) is 2.64. The summed E-state index contributed by atoms with van der Waals surface area (Å²) in [6, 6.07) is 5.13. The first-order chi connectivity index (χ1) is 13.9. The largest absolute Gasteiger partial charge is 0.490 e. The van der Waals surface area contributed by atoms with Gasteiger partial charge in [-0.05, 0) is 59.6 Å². The van der Waals surface area contributed by atoms with E-state index in [9.17, 15) is 8.42 Å². The standard InChI is InChI=1S/C20H30Cl2N4O3S/c1-6-19(24-23-14(2)3)20(4,5)25-30(27,28)26-11-9-15(10-12-26)29-16-7-8-17(21)18(22)13-16/h6-8,13-15,25H,9-12H2,1-5H3/b19-6-,24-23-. The van der Waals surface area contributed by atoms with Crippen LogP contribution in [0.3, 0.4) is 0 Å². The third-order valence-electron chi connectivity index (χ3n) is 4.63. The van der Waals surface area contributed by atoms with Gasteiger partial charge in [0.2, 0.25) is 0 Å². The van der Waals surface area contributed by atoms with Crippen molar-refractivity contribution < 1.29 is 13.2 Å². The van der Waals surface area contributed by atoms with E-state index in [1.807, 2.05) is 20.8 Å². The van der Waals surface area contributed by atoms with Gasteiger partial charge in [0.05, 0.1) is 27.3 Å². The maximum atomic E-state index is 12.9. The maximum Gasteiger partial charge on any atom is 0.280 e. The first-order valence-corrected chi connectivity index (χ1v) is 12.1. The summed E-state index contributed by atoms with van der Waals surface area (Å²) in [7, 11) is -3.70. The molecule has 0 bridgehead atoms. The van der Waals surface area contributed by atoms with E-state index in [1.54, 1.807) is 38.1 Å². The average molecular weight is 477 g/mol. The molecular formula is C20H30Cl2N4O3S. The number of piperidine rings is 1. The van der Waals surface area contributed by atoms with Crippen LogP contribution in [0.2, 0.25) is 10.0 Å². The van der Waals surface area contributed by atoms with Crippen LogP contribution in [0.4, 0.5) is 0 Å². The lowest BCUT2D eigenvalue weighted by atomic mass is 10.0. The zero-order valence-corrected chi connectivity index (χ0v) is 20.4. The zero-order chi connectivity index (χ0) is 22.5. The maximum absolute atomic E-state index is 12.9. The molecule has 1 aliphatic heterocycles. The topological polar surface area (TPSA) is 83.4 Å². The number of ether oxygens (including phenoxy) is 1. The minimum absolute atomic E-state index is 0.0295. The fraction of sp³-hybridized carbons (Fsp3) is 0.600. The van der Waals surface area contributed by atoms with Crippen molar-refractivity contribution in [1.29, 1.82) is 0 Å². The number of allylic oxidation sites excluding steroid dienone is 1. The highest BCUT2D eigenvalue weighted by atomic mass is 35.5. The molecule has 0 saturated carbocycles. The summed E-state index contributed by atoms with van der Waals surface area (Å²) in [6.45, 7) is 9.91. The van der Waals surface area contributed by atoms with Crippen LogP contribution < -0.4 is 9.46 Å². The Kier molecular flexibility index (Phi) is 8.70. The van der Waals surface area contributed by atoms with Crippen LogP contribution in [0.25, 0.3) is 0 Å². The van der Waals surface area contributed by atoms with Gasteiger partial charge < -0.3 is 4.74 Å². The van der Waals surface area contributed by atoms with E-state index >= 15 is 0 Å². The van der Waals surface area contributed by atoms with Crippen molar-refractivity contribution in [3.8, 4) is 5.75 Å². The van der Waals surface area contributed by atoms with Gasteiger partial charge in [0.25, 0.3) is 10.2 Å². The normalized spacial score (nSPS) is 17.8. The fourth-order valence-corrected chi connectivity index (χ4v) is 4.95. The Bertz CT molecular complexity index is 893. The lowest BCUT2D eigenvalue weighted by Gasteiger charge is -2.34. The third kappa shape index (κ3) is 6.92. The van der Waals surface area contributed by atoms with Gasteiger partial charge in [-0.25, -0.2) is 0 Å². The van der Waals surface area contributed by atoms with E-state index in [2.05, 4.69) is 15.0 Å². The van der Waals surface area contributed by atoms with Crippen molar-refractivity contribution in [2.45, 2.75) is 65.1 Å². The second-order valence-electron chi connectivity index (χ2n) is 8.01. The second-order valence-corrected chi connectivity index (χ2v) is 10.5. The quantitative estimate of drug-likeness (QED) is 0.522. The highest BCUT2D eigenvalue weighted by Gasteiger charge is 2.35. The number of halogens is 2. The molecule has 0 amide bonds. The Hall–Kier alpha value is -1.19. The smallest absolute Gasteiger partial charge is 0.280 e. The molecule has 10 heteroatoms. The van der Waals surface area contributed by atoms with E-state index in [0.717, 1.165) is 0 Å². The van der Waals surface area contributed by atoms with Gasteiger partial charge in [-0.3, -0.25) is 0 Å². The molecule has 0 unspecified atom stereocenters. The molecule has 30 heavy (non-hydrogen) atoms. The Labute approximate surface area is 189 Å². The molecule has 0 aliphatic carbocycles. The minimum Gasteiger partial charge on any atom is -0.490 e. The van der Waals surface area contributed by atoms with Crippen LogP contribution in [-0.2, 0) is 10.2 Å². The number of nitrogens with zero attached hydrogens (tertiary/aromatic N) is 3. The molecule has 1 aromatic carbocycles. The molecule has 1 fully saturated rings. The molecule has 2 rings (SSSR count). The molecular weight excluding hydrogens is 447 g/mol. The van der Waals surface area contributed by atoms with Crippen LogP contribution in [0.15, 0.2) is 40.2 Å². The summed E-state index contributed by atoms with van der Waals surface area (Å²) in [5.41, 5.74) is -0.322. The highest BCUT2D eigenvalue weighted by Crippen LogP contribution is 2.29. The number of azo groups is 1. The Morgan fingerprint density at radius 1 is 1.27 bits per heavy atom. The minimum atomic E-state index is -3.70. The third-order valence-corrected chi connectivity index (χ3v) is 7.18. The Morgan fingerprint density at radius 3 is 2.43 bits per heavy atom. The first kappa shape index (κ1) is 25.1. The van der Waals surface area contributed by atoms with Crippen LogP contribution in [0.5, 0.6) is 5.75 Å². The predicted molar refractivity (Wildman–Crippen MR) is 122 cm³/mol. The van der Waals surface area contributed by atoms with Crippen LogP contribution in [-0.4, -0.2) is 43.5 Å². The zero-order valence-electron chi connectivity index (χ0n) is 18.0. The highest BCUT2D eigenvalue weighted by molar-refractivity contribution is 7.87. The first-order valence-electron chi connectivity index (χ1n) is 9.93. The van der Waals surface area contributed by atoms with Gasteiger partial charge in [0.1, 0.15) is 11.9 Å². The van der Waals surface area contributed by atoms with Crippen LogP contribution in [0.1, 0.15) is 47.5 Å². The van der Waals surface area contributed by atoms with Crippen LogP contribution >= 0.6 is 23.2 Å². The molecule has 0 aromatic heterocycles. The van der Waals surface area contributed by atoms with Gasteiger partial charge in [-0.15, -0.1) is 0 Å². The lowest BCUT2D eigenvalue weighted by Crippen LogP contribution is -2.53. The second kappa shape index (κ2) is 10.4. The number of hydrogen-bond acceptors (Lipinski definition) is 5. The number of nitrogens with one attached hydrogen (secondary N) is 1. The molecule has 1 N–H and O–H groups in total.